The molecule has 1 saturated heterocycles. The van der Waals surface area contributed by atoms with Gasteiger partial charge in [0.2, 0.25) is 0 Å². The normalized spacial score (nSPS) is 19.6. The second-order valence-corrected chi connectivity index (χ2v) is 8.43. The fraction of sp³-hybridized carbons (Fsp3) is 0.500. The van der Waals surface area contributed by atoms with Gasteiger partial charge in [-0.3, -0.25) is 9.59 Å². The third-order valence-electron chi connectivity index (χ3n) is 5.22. The molecule has 4 rings (SSSR count). The highest BCUT2D eigenvalue weighted by molar-refractivity contribution is 7.17. The molecular formula is C20H24N2O4S. The Morgan fingerprint density at radius 3 is 2.74 bits per heavy atom. The summed E-state index contributed by atoms with van der Waals surface area (Å²) in [5.41, 5.74) is 1.78. The number of thiophene rings is 1. The van der Waals surface area contributed by atoms with Crippen LogP contribution in [0.2, 0.25) is 0 Å². The Morgan fingerprint density at radius 1 is 1.26 bits per heavy atom. The van der Waals surface area contributed by atoms with Crippen molar-refractivity contribution < 1.29 is 18.7 Å². The third-order valence-corrected chi connectivity index (χ3v) is 6.38. The largest absolute Gasteiger partial charge is 0.456 e. The molecule has 2 aromatic rings. The molecule has 0 radical (unpaired) electrons. The van der Waals surface area contributed by atoms with E-state index in [-0.39, 0.29) is 17.6 Å². The Balaban J connectivity index is 1.67. The second kappa shape index (κ2) is 7.48. The van der Waals surface area contributed by atoms with Gasteiger partial charge >= 0.3 is 0 Å². The summed E-state index contributed by atoms with van der Waals surface area (Å²) in [4.78, 5) is 28.9. The third kappa shape index (κ3) is 3.66. The molecule has 0 aromatic carbocycles. The molecule has 3 heterocycles. The van der Waals surface area contributed by atoms with Crippen LogP contribution in [0.15, 0.2) is 16.5 Å². The summed E-state index contributed by atoms with van der Waals surface area (Å²) >= 11 is 1.54. The molecule has 6 nitrogen and oxygen atoms in total. The first kappa shape index (κ1) is 18.3. The molecule has 2 aliphatic rings. The lowest BCUT2D eigenvalue weighted by atomic mass is 9.88. The number of hydrogen-bond acceptors (Lipinski definition) is 5. The van der Waals surface area contributed by atoms with Gasteiger partial charge in [0.1, 0.15) is 10.8 Å². The molecule has 0 saturated carbocycles. The summed E-state index contributed by atoms with van der Waals surface area (Å²) in [5.74, 6) is 1.22. The summed E-state index contributed by atoms with van der Waals surface area (Å²) in [5, 5.41) is 3.58. The number of rotatable bonds is 3. The highest BCUT2D eigenvalue weighted by atomic mass is 32.1. The fourth-order valence-electron chi connectivity index (χ4n) is 3.71. The van der Waals surface area contributed by atoms with Crippen LogP contribution in [0.1, 0.15) is 50.5 Å². The summed E-state index contributed by atoms with van der Waals surface area (Å²) in [6, 6.07) is 3.42. The van der Waals surface area contributed by atoms with Gasteiger partial charge in [-0.1, -0.05) is 6.92 Å². The van der Waals surface area contributed by atoms with Crippen molar-refractivity contribution in [2.75, 3.05) is 31.6 Å². The maximum absolute atomic E-state index is 13.3. The number of hydrogen-bond donors (Lipinski definition) is 1. The first-order chi connectivity index (χ1) is 13.0. The Kier molecular flexibility index (Phi) is 5.06. The van der Waals surface area contributed by atoms with Crippen LogP contribution in [0.25, 0.3) is 0 Å². The number of amides is 2. The van der Waals surface area contributed by atoms with Crippen LogP contribution < -0.4 is 5.32 Å². The molecule has 1 N–H and O–H groups in total. The van der Waals surface area contributed by atoms with E-state index in [4.69, 9.17) is 9.15 Å². The first-order valence-electron chi connectivity index (χ1n) is 9.42. The standard InChI is InChI=1S/C20H24N2O4S/c1-12-3-5-14-16(11-12)27-19(21-18(23)15-6-4-13(2)26-15)17(14)20(24)22-7-9-25-10-8-22/h4,6,12H,3,5,7-11H2,1-2H3,(H,21,23). The van der Waals surface area contributed by atoms with Gasteiger partial charge in [0, 0.05) is 18.0 Å². The monoisotopic (exact) mass is 388 g/mol. The summed E-state index contributed by atoms with van der Waals surface area (Å²) < 4.78 is 10.8. The van der Waals surface area contributed by atoms with E-state index < -0.39 is 0 Å². The van der Waals surface area contributed by atoms with Gasteiger partial charge in [-0.15, -0.1) is 11.3 Å². The number of nitrogens with one attached hydrogen (secondary N) is 1. The van der Waals surface area contributed by atoms with E-state index in [9.17, 15) is 9.59 Å². The van der Waals surface area contributed by atoms with E-state index in [0.29, 0.717) is 48.5 Å². The van der Waals surface area contributed by atoms with E-state index in [1.165, 1.54) is 16.2 Å². The minimum atomic E-state index is -0.314. The minimum Gasteiger partial charge on any atom is -0.456 e. The summed E-state index contributed by atoms with van der Waals surface area (Å²) in [6.07, 6.45) is 2.91. The minimum absolute atomic E-state index is 0.00345. The second-order valence-electron chi connectivity index (χ2n) is 7.32. The average molecular weight is 388 g/mol. The lowest BCUT2D eigenvalue weighted by Gasteiger charge is -2.28. The lowest BCUT2D eigenvalue weighted by Crippen LogP contribution is -2.41. The van der Waals surface area contributed by atoms with Crippen molar-refractivity contribution in [1.82, 2.24) is 4.90 Å². The molecule has 27 heavy (non-hydrogen) atoms. The number of anilines is 1. The molecule has 1 aliphatic heterocycles. The molecule has 0 bridgehead atoms. The quantitative estimate of drug-likeness (QED) is 0.874. The van der Waals surface area contributed by atoms with E-state index in [2.05, 4.69) is 12.2 Å². The maximum atomic E-state index is 13.3. The number of carbonyl (C=O) groups is 2. The van der Waals surface area contributed by atoms with Crippen LogP contribution >= 0.6 is 11.3 Å². The molecule has 2 amide bonds. The number of ether oxygens (including phenoxy) is 1. The van der Waals surface area contributed by atoms with E-state index in [0.717, 1.165) is 24.8 Å². The Hall–Kier alpha value is -2.12. The predicted molar refractivity (Wildman–Crippen MR) is 104 cm³/mol. The Bertz CT molecular complexity index is 863. The molecule has 2 aromatic heterocycles. The van der Waals surface area contributed by atoms with Crippen LogP contribution in [0.4, 0.5) is 5.00 Å². The first-order valence-corrected chi connectivity index (χ1v) is 10.2. The van der Waals surface area contributed by atoms with Crippen LogP contribution in [0.5, 0.6) is 0 Å². The topological polar surface area (TPSA) is 71.8 Å². The molecule has 1 atom stereocenters. The van der Waals surface area contributed by atoms with Crippen molar-refractivity contribution >= 4 is 28.2 Å². The van der Waals surface area contributed by atoms with Crippen LogP contribution in [0, 0.1) is 12.8 Å². The SMILES string of the molecule is Cc1ccc(C(=O)Nc2sc3c(c2C(=O)N2CCOCC2)CCC(C)C3)o1. The van der Waals surface area contributed by atoms with E-state index >= 15 is 0 Å². The zero-order valence-corrected chi connectivity index (χ0v) is 16.5. The van der Waals surface area contributed by atoms with Crippen LogP contribution in [-0.4, -0.2) is 43.0 Å². The van der Waals surface area contributed by atoms with Crippen molar-refractivity contribution in [3.05, 3.63) is 39.7 Å². The van der Waals surface area contributed by atoms with Crippen molar-refractivity contribution in [1.29, 1.82) is 0 Å². The smallest absolute Gasteiger partial charge is 0.291 e. The molecule has 1 fully saturated rings. The van der Waals surface area contributed by atoms with Gasteiger partial charge in [-0.05, 0) is 49.8 Å². The van der Waals surface area contributed by atoms with Crippen LogP contribution in [-0.2, 0) is 17.6 Å². The summed E-state index contributed by atoms with van der Waals surface area (Å²) in [6.45, 7) is 6.32. The van der Waals surface area contributed by atoms with Gasteiger partial charge < -0.3 is 19.4 Å². The number of furan rings is 1. The number of aryl methyl sites for hydroxylation is 1. The Labute approximate surface area is 162 Å². The van der Waals surface area contributed by atoms with Gasteiger partial charge in [0.05, 0.1) is 18.8 Å². The Morgan fingerprint density at radius 2 is 2.04 bits per heavy atom. The van der Waals surface area contributed by atoms with Crippen LogP contribution in [0.3, 0.4) is 0 Å². The molecule has 144 valence electrons. The van der Waals surface area contributed by atoms with E-state index in [1.807, 2.05) is 4.90 Å². The number of fused-ring (bicyclic) bond motifs is 1. The van der Waals surface area contributed by atoms with Gasteiger partial charge in [-0.2, -0.15) is 0 Å². The molecular weight excluding hydrogens is 364 g/mol. The maximum Gasteiger partial charge on any atom is 0.291 e. The molecule has 7 heteroatoms. The predicted octanol–water partition coefficient (Wildman–Crippen LogP) is 3.50. The summed E-state index contributed by atoms with van der Waals surface area (Å²) in [7, 11) is 0. The highest BCUT2D eigenvalue weighted by Gasteiger charge is 2.31. The fourth-order valence-corrected chi connectivity index (χ4v) is 5.11. The zero-order valence-electron chi connectivity index (χ0n) is 15.7. The van der Waals surface area contributed by atoms with Gasteiger partial charge in [0.15, 0.2) is 5.76 Å². The van der Waals surface area contributed by atoms with Crippen molar-refractivity contribution in [3.63, 3.8) is 0 Å². The molecule has 0 spiro atoms. The van der Waals surface area contributed by atoms with Crippen molar-refractivity contribution in [2.45, 2.75) is 33.1 Å². The molecule has 1 aliphatic carbocycles. The number of nitrogens with zero attached hydrogens (tertiary/aromatic N) is 1. The average Bonchev–Trinajstić information content (AvgIpc) is 3.24. The van der Waals surface area contributed by atoms with Gasteiger partial charge in [0.25, 0.3) is 11.8 Å². The zero-order chi connectivity index (χ0) is 19.0. The number of morpholine rings is 1. The van der Waals surface area contributed by atoms with Gasteiger partial charge in [-0.25, -0.2) is 0 Å². The van der Waals surface area contributed by atoms with E-state index in [1.54, 1.807) is 19.1 Å². The molecule has 1 unspecified atom stereocenters. The van der Waals surface area contributed by atoms with Crippen molar-refractivity contribution in [2.24, 2.45) is 5.92 Å². The lowest BCUT2D eigenvalue weighted by molar-refractivity contribution is 0.0303. The highest BCUT2D eigenvalue weighted by Crippen LogP contribution is 2.40. The van der Waals surface area contributed by atoms with Crippen molar-refractivity contribution in [3.8, 4) is 0 Å². The number of carbonyl (C=O) groups excluding carboxylic acids is 2.